The van der Waals surface area contributed by atoms with Crippen molar-refractivity contribution in [1.29, 1.82) is 0 Å². The topological polar surface area (TPSA) is 111 Å². The highest BCUT2D eigenvalue weighted by Gasteiger charge is 2.33. The fraction of sp³-hybridized carbons (Fsp3) is 0.143. The van der Waals surface area contributed by atoms with Crippen LogP contribution in [0.25, 0.3) is 0 Å². The first-order valence-corrected chi connectivity index (χ1v) is 6.48. The van der Waals surface area contributed by atoms with E-state index < -0.39 is 24.3 Å². The molecule has 0 aromatic heterocycles. The number of ether oxygens (including phenoxy) is 2. The average molecular weight is 302 g/mol. The van der Waals surface area contributed by atoms with Crippen molar-refractivity contribution in [2.75, 3.05) is 9.80 Å². The molecule has 8 nitrogen and oxygen atoms in total. The predicted molar refractivity (Wildman–Crippen MR) is 77.8 cm³/mol. The third kappa shape index (κ3) is 2.20. The third-order valence-corrected chi connectivity index (χ3v) is 3.29. The van der Waals surface area contributed by atoms with Crippen LogP contribution in [0.2, 0.25) is 0 Å². The van der Waals surface area contributed by atoms with Crippen molar-refractivity contribution in [3.05, 3.63) is 49.2 Å². The van der Waals surface area contributed by atoms with Gasteiger partial charge in [0.2, 0.25) is 0 Å². The summed E-state index contributed by atoms with van der Waals surface area (Å²) in [4.78, 5) is 26.1. The van der Waals surface area contributed by atoms with Gasteiger partial charge in [0.15, 0.2) is 0 Å². The number of carbonyl (C=O) groups excluding carboxylic acids is 2. The molecule has 2 aliphatic heterocycles. The largest absolute Gasteiger partial charge is 0.467 e. The van der Waals surface area contributed by atoms with Crippen molar-refractivity contribution >= 4 is 23.2 Å². The number of benzene rings is 1. The van der Waals surface area contributed by atoms with Crippen LogP contribution in [0.15, 0.2) is 49.2 Å². The minimum atomic E-state index is -0.944. The summed E-state index contributed by atoms with van der Waals surface area (Å²) >= 11 is 0. The smallest absolute Gasteiger partial charge is 0.280 e. The molecule has 2 heterocycles. The van der Waals surface area contributed by atoms with Crippen LogP contribution in [-0.4, -0.2) is 24.3 Å². The number of carbonyl (C=O) groups is 2. The molecule has 0 saturated carbocycles. The average Bonchev–Trinajstić information content (AvgIpc) is 3.16. The molecule has 2 unspecified atom stereocenters. The minimum absolute atomic E-state index is 0.625. The number of nitrogens with zero attached hydrogens (tertiary/aromatic N) is 2. The molecule has 2 atom stereocenters. The number of rotatable bonds is 4. The minimum Gasteiger partial charge on any atom is -0.467 e. The number of amides is 2. The zero-order valence-corrected chi connectivity index (χ0v) is 11.5. The highest BCUT2D eigenvalue weighted by atomic mass is 16.5. The summed E-state index contributed by atoms with van der Waals surface area (Å²) in [6.45, 7) is 0. The standard InChI is InChI=1S/C14H14N4O4/c15-11(19)13-17(5-7-21-13)9-3-1-2-4-10(9)18-6-8-22-14(18)12(16)20/h1-8,13-14H,(H2,15,19)(H2,16,20). The maximum absolute atomic E-state index is 11.5. The Morgan fingerprint density at radius 2 is 1.27 bits per heavy atom. The molecule has 1 aromatic carbocycles. The predicted octanol–water partition coefficient (Wildman–Crippen LogP) is -0.0750. The summed E-state index contributed by atoms with van der Waals surface area (Å²) in [5, 5.41) is 0. The number of hydrogen-bond acceptors (Lipinski definition) is 6. The van der Waals surface area contributed by atoms with E-state index >= 15 is 0 Å². The molecule has 114 valence electrons. The van der Waals surface area contributed by atoms with Gasteiger partial charge in [-0.2, -0.15) is 0 Å². The van der Waals surface area contributed by atoms with E-state index in [4.69, 9.17) is 20.9 Å². The van der Waals surface area contributed by atoms with Crippen LogP contribution in [0.1, 0.15) is 0 Å². The fourth-order valence-corrected chi connectivity index (χ4v) is 2.36. The molecule has 0 bridgehead atoms. The van der Waals surface area contributed by atoms with Crippen LogP contribution >= 0.6 is 0 Å². The summed E-state index contributed by atoms with van der Waals surface area (Å²) in [6, 6.07) is 7.13. The Kier molecular flexibility index (Phi) is 3.34. The van der Waals surface area contributed by atoms with E-state index in [9.17, 15) is 9.59 Å². The summed E-state index contributed by atoms with van der Waals surface area (Å²) in [6.07, 6.45) is 4.06. The molecular weight excluding hydrogens is 288 g/mol. The summed E-state index contributed by atoms with van der Waals surface area (Å²) in [5.74, 6) is -1.25. The number of hydrogen-bond donors (Lipinski definition) is 2. The number of para-hydroxylation sites is 2. The van der Waals surface area contributed by atoms with Crippen LogP contribution in [0.5, 0.6) is 0 Å². The van der Waals surface area contributed by atoms with Gasteiger partial charge in [0, 0.05) is 12.4 Å². The van der Waals surface area contributed by atoms with Gasteiger partial charge in [0.25, 0.3) is 24.3 Å². The molecule has 0 fully saturated rings. The van der Waals surface area contributed by atoms with E-state index in [-0.39, 0.29) is 0 Å². The van der Waals surface area contributed by atoms with Gasteiger partial charge in [-0.3, -0.25) is 19.4 Å². The lowest BCUT2D eigenvalue weighted by molar-refractivity contribution is -0.126. The summed E-state index contributed by atoms with van der Waals surface area (Å²) in [7, 11) is 0. The first-order chi connectivity index (χ1) is 10.6. The van der Waals surface area contributed by atoms with Crippen LogP contribution in [0.4, 0.5) is 11.4 Å². The SMILES string of the molecule is NC(=O)C1OC=CN1c1ccccc1N1C=COC1C(N)=O. The first kappa shape index (κ1) is 13.8. The molecule has 1 aromatic rings. The quantitative estimate of drug-likeness (QED) is 0.805. The molecule has 2 amide bonds. The van der Waals surface area contributed by atoms with E-state index in [1.165, 1.54) is 12.5 Å². The summed E-state index contributed by atoms with van der Waals surface area (Å²) in [5.41, 5.74) is 11.9. The van der Waals surface area contributed by atoms with Crippen molar-refractivity contribution < 1.29 is 19.1 Å². The fourth-order valence-electron chi connectivity index (χ4n) is 2.36. The van der Waals surface area contributed by atoms with Crippen molar-refractivity contribution in [1.82, 2.24) is 0 Å². The second-order valence-corrected chi connectivity index (χ2v) is 4.66. The normalized spacial score (nSPS) is 22.5. The molecule has 4 N–H and O–H groups in total. The Morgan fingerprint density at radius 1 is 0.864 bits per heavy atom. The first-order valence-electron chi connectivity index (χ1n) is 6.48. The molecule has 0 spiro atoms. The Morgan fingerprint density at radius 3 is 1.64 bits per heavy atom. The van der Waals surface area contributed by atoms with Crippen LogP contribution in [0, 0.1) is 0 Å². The highest BCUT2D eigenvalue weighted by Crippen LogP contribution is 2.35. The molecule has 22 heavy (non-hydrogen) atoms. The second kappa shape index (κ2) is 5.32. The Bertz CT molecular complexity index is 616. The molecule has 8 heteroatoms. The van der Waals surface area contributed by atoms with Gasteiger partial charge in [-0.1, -0.05) is 12.1 Å². The van der Waals surface area contributed by atoms with Gasteiger partial charge >= 0.3 is 0 Å². The molecular formula is C14H14N4O4. The monoisotopic (exact) mass is 302 g/mol. The van der Waals surface area contributed by atoms with Gasteiger partial charge in [0.1, 0.15) is 12.5 Å². The molecule has 2 aliphatic rings. The number of anilines is 2. The van der Waals surface area contributed by atoms with Gasteiger partial charge < -0.3 is 20.9 Å². The summed E-state index contributed by atoms with van der Waals surface area (Å²) < 4.78 is 10.4. The van der Waals surface area contributed by atoms with E-state index in [1.54, 1.807) is 46.5 Å². The maximum atomic E-state index is 11.5. The van der Waals surface area contributed by atoms with Gasteiger partial charge in [-0.05, 0) is 12.1 Å². The molecule has 3 rings (SSSR count). The van der Waals surface area contributed by atoms with Crippen molar-refractivity contribution in [3.8, 4) is 0 Å². The van der Waals surface area contributed by atoms with Gasteiger partial charge in [0.05, 0.1) is 11.4 Å². The Labute approximate surface area is 126 Å². The van der Waals surface area contributed by atoms with E-state index in [1.807, 2.05) is 0 Å². The highest BCUT2D eigenvalue weighted by molar-refractivity contribution is 5.89. The van der Waals surface area contributed by atoms with Crippen LogP contribution in [0.3, 0.4) is 0 Å². The van der Waals surface area contributed by atoms with E-state index in [0.29, 0.717) is 11.4 Å². The van der Waals surface area contributed by atoms with Crippen molar-refractivity contribution in [3.63, 3.8) is 0 Å². The molecule has 0 saturated heterocycles. The van der Waals surface area contributed by atoms with Gasteiger partial charge in [-0.25, -0.2) is 0 Å². The van der Waals surface area contributed by atoms with Crippen molar-refractivity contribution in [2.45, 2.75) is 12.5 Å². The lowest BCUT2D eigenvalue weighted by Gasteiger charge is -2.29. The number of nitrogens with two attached hydrogens (primary N) is 2. The van der Waals surface area contributed by atoms with Crippen molar-refractivity contribution in [2.24, 2.45) is 11.5 Å². The third-order valence-electron chi connectivity index (χ3n) is 3.29. The van der Waals surface area contributed by atoms with Crippen LogP contribution < -0.4 is 21.3 Å². The molecule has 0 radical (unpaired) electrons. The van der Waals surface area contributed by atoms with E-state index in [0.717, 1.165) is 0 Å². The zero-order chi connectivity index (χ0) is 15.7. The maximum Gasteiger partial charge on any atom is 0.280 e. The van der Waals surface area contributed by atoms with E-state index in [2.05, 4.69) is 0 Å². The van der Waals surface area contributed by atoms with Crippen LogP contribution in [-0.2, 0) is 19.1 Å². The zero-order valence-electron chi connectivity index (χ0n) is 11.5. The lowest BCUT2D eigenvalue weighted by Crippen LogP contribution is -2.43. The Balaban J connectivity index is 2.00. The lowest BCUT2D eigenvalue weighted by atomic mass is 10.2. The van der Waals surface area contributed by atoms with Gasteiger partial charge in [-0.15, -0.1) is 0 Å². The Hall–Kier alpha value is -3.16. The molecule has 0 aliphatic carbocycles. The number of primary amides is 2. The second-order valence-electron chi connectivity index (χ2n) is 4.66.